The third-order valence-electron chi connectivity index (χ3n) is 4.61. The van der Waals surface area contributed by atoms with Crippen molar-refractivity contribution in [2.45, 2.75) is 64.6 Å². The van der Waals surface area contributed by atoms with Crippen molar-refractivity contribution in [2.75, 3.05) is 18.9 Å². The van der Waals surface area contributed by atoms with Crippen molar-refractivity contribution in [1.29, 1.82) is 0 Å². The molecule has 0 unspecified atom stereocenters. The molecule has 2 N–H and O–H groups in total. The van der Waals surface area contributed by atoms with Crippen molar-refractivity contribution in [3.8, 4) is 0 Å². The molecule has 1 aromatic heterocycles. The zero-order valence-electron chi connectivity index (χ0n) is 14.9. The Morgan fingerprint density at radius 2 is 2.08 bits per heavy atom. The second kappa shape index (κ2) is 8.70. The molecule has 1 heterocycles. The van der Waals surface area contributed by atoms with Crippen molar-refractivity contribution in [2.24, 2.45) is 0 Å². The van der Waals surface area contributed by atoms with E-state index >= 15 is 0 Å². The van der Waals surface area contributed by atoms with Crippen LogP contribution in [0.3, 0.4) is 0 Å². The van der Waals surface area contributed by atoms with Crippen LogP contribution in [0.5, 0.6) is 0 Å². The van der Waals surface area contributed by atoms with Gasteiger partial charge in [-0.3, -0.25) is 14.3 Å². The van der Waals surface area contributed by atoms with Crippen LogP contribution >= 0.6 is 0 Å². The van der Waals surface area contributed by atoms with Crippen LogP contribution in [0.1, 0.15) is 46.0 Å². The lowest BCUT2D eigenvalue weighted by Crippen LogP contribution is -2.47. The highest BCUT2D eigenvalue weighted by molar-refractivity contribution is 5.84. The summed E-state index contributed by atoms with van der Waals surface area (Å²) in [5, 5.41) is 9.90. The molecule has 1 atom stereocenters. The van der Waals surface area contributed by atoms with E-state index in [0.717, 1.165) is 25.1 Å². The predicted octanol–water partition coefficient (Wildman–Crippen LogP) is 1.61. The third kappa shape index (κ3) is 4.72. The summed E-state index contributed by atoms with van der Waals surface area (Å²) in [6, 6.07) is 0.0565. The molecule has 0 aliphatic heterocycles. The van der Waals surface area contributed by atoms with Gasteiger partial charge in [-0.1, -0.05) is 19.3 Å². The van der Waals surface area contributed by atoms with Crippen LogP contribution in [0.4, 0.5) is 5.69 Å². The van der Waals surface area contributed by atoms with Gasteiger partial charge in [0.15, 0.2) is 0 Å². The first-order valence-electron chi connectivity index (χ1n) is 8.85. The fraction of sp³-hybridized carbons (Fsp3) is 0.706. The van der Waals surface area contributed by atoms with Crippen molar-refractivity contribution in [1.82, 2.24) is 20.0 Å². The van der Waals surface area contributed by atoms with E-state index in [1.54, 1.807) is 24.1 Å². The summed E-state index contributed by atoms with van der Waals surface area (Å²) in [6.07, 6.45) is 9.30. The van der Waals surface area contributed by atoms with Gasteiger partial charge >= 0.3 is 0 Å². The second-order valence-corrected chi connectivity index (χ2v) is 6.38. The fourth-order valence-corrected chi connectivity index (χ4v) is 3.30. The van der Waals surface area contributed by atoms with Crippen molar-refractivity contribution in [3.63, 3.8) is 0 Å². The lowest BCUT2D eigenvalue weighted by Gasteiger charge is -2.35. The van der Waals surface area contributed by atoms with Gasteiger partial charge in [-0.15, -0.1) is 0 Å². The lowest BCUT2D eigenvalue weighted by molar-refractivity contribution is -0.134. The predicted molar refractivity (Wildman–Crippen MR) is 93.6 cm³/mol. The zero-order valence-corrected chi connectivity index (χ0v) is 14.9. The minimum Gasteiger partial charge on any atom is -0.371 e. The number of carbonyl (C=O) groups excluding carboxylic acids is 2. The van der Waals surface area contributed by atoms with E-state index in [0.29, 0.717) is 6.04 Å². The van der Waals surface area contributed by atoms with E-state index in [9.17, 15) is 9.59 Å². The van der Waals surface area contributed by atoms with Crippen LogP contribution in [0, 0.1) is 0 Å². The Morgan fingerprint density at radius 1 is 1.38 bits per heavy atom. The highest BCUT2D eigenvalue weighted by Gasteiger charge is 2.27. The van der Waals surface area contributed by atoms with Crippen LogP contribution in [0.15, 0.2) is 12.4 Å². The van der Waals surface area contributed by atoms with Gasteiger partial charge in [-0.25, -0.2) is 0 Å². The normalized spacial score (nSPS) is 16.5. The number of carbonyl (C=O) groups is 2. The topological polar surface area (TPSA) is 79.3 Å². The van der Waals surface area contributed by atoms with Gasteiger partial charge in [0.05, 0.1) is 11.9 Å². The molecule has 2 amide bonds. The smallest absolute Gasteiger partial charge is 0.245 e. The number of hydrogen-bond acceptors (Lipinski definition) is 4. The number of anilines is 1. The lowest BCUT2D eigenvalue weighted by atomic mass is 9.94. The Kier molecular flexibility index (Phi) is 6.63. The van der Waals surface area contributed by atoms with E-state index in [2.05, 4.69) is 15.7 Å². The molecule has 0 spiro atoms. The first-order chi connectivity index (χ1) is 11.5. The van der Waals surface area contributed by atoms with E-state index < -0.39 is 0 Å². The fourth-order valence-electron chi connectivity index (χ4n) is 3.30. The molecular weight excluding hydrogens is 306 g/mol. The molecule has 0 bridgehead atoms. The van der Waals surface area contributed by atoms with Crippen molar-refractivity contribution >= 4 is 17.5 Å². The SMILES string of the molecule is CCN(C(=O)[C@@H](C)Nc1cnn(CC(=O)NC)c1)C1CCCCC1. The Bertz CT molecular complexity index is 551. The Balaban J connectivity index is 1.93. The van der Waals surface area contributed by atoms with Gasteiger partial charge in [0, 0.05) is 25.8 Å². The second-order valence-electron chi connectivity index (χ2n) is 6.38. The Hall–Kier alpha value is -2.05. The van der Waals surface area contributed by atoms with E-state index in [-0.39, 0.29) is 24.4 Å². The summed E-state index contributed by atoms with van der Waals surface area (Å²) < 4.78 is 1.55. The van der Waals surface area contributed by atoms with Gasteiger partial charge in [0.1, 0.15) is 12.6 Å². The molecule has 0 radical (unpaired) electrons. The first kappa shape index (κ1) is 18.3. The van der Waals surface area contributed by atoms with E-state index in [4.69, 9.17) is 0 Å². The largest absolute Gasteiger partial charge is 0.371 e. The summed E-state index contributed by atoms with van der Waals surface area (Å²) in [6.45, 7) is 4.83. The third-order valence-corrected chi connectivity index (χ3v) is 4.61. The first-order valence-corrected chi connectivity index (χ1v) is 8.85. The molecule has 0 saturated heterocycles. The average molecular weight is 335 g/mol. The van der Waals surface area contributed by atoms with Gasteiger partial charge in [0.2, 0.25) is 11.8 Å². The molecule has 7 nitrogen and oxygen atoms in total. The number of rotatable bonds is 7. The molecule has 1 aliphatic rings. The summed E-state index contributed by atoms with van der Waals surface area (Å²) in [5.74, 6) is 0.0201. The number of aromatic nitrogens is 2. The molecule has 134 valence electrons. The molecular formula is C17H29N5O2. The van der Waals surface area contributed by atoms with Crippen LogP contribution in [0.25, 0.3) is 0 Å². The van der Waals surface area contributed by atoms with Crippen LogP contribution in [-0.2, 0) is 16.1 Å². The molecule has 1 saturated carbocycles. The van der Waals surface area contributed by atoms with Crippen molar-refractivity contribution in [3.05, 3.63) is 12.4 Å². The van der Waals surface area contributed by atoms with Gasteiger partial charge in [0.25, 0.3) is 0 Å². The highest BCUT2D eigenvalue weighted by atomic mass is 16.2. The summed E-state index contributed by atoms with van der Waals surface area (Å²) in [4.78, 5) is 26.2. The quantitative estimate of drug-likeness (QED) is 0.793. The molecule has 1 aliphatic carbocycles. The maximum Gasteiger partial charge on any atom is 0.245 e. The minimum atomic E-state index is -0.315. The van der Waals surface area contributed by atoms with E-state index in [1.165, 1.54) is 19.3 Å². The monoisotopic (exact) mass is 335 g/mol. The zero-order chi connectivity index (χ0) is 17.5. The summed E-state index contributed by atoms with van der Waals surface area (Å²) >= 11 is 0. The molecule has 7 heteroatoms. The number of nitrogens with one attached hydrogen (secondary N) is 2. The molecule has 1 aromatic rings. The van der Waals surface area contributed by atoms with E-state index in [1.807, 2.05) is 18.7 Å². The Labute approximate surface area is 143 Å². The maximum absolute atomic E-state index is 12.8. The molecule has 24 heavy (non-hydrogen) atoms. The minimum absolute atomic E-state index is 0.108. The number of amides is 2. The van der Waals surface area contributed by atoms with Gasteiger partial charge in [-0.2, -0.15) is 5.10 Å². The van der Waals surface area contributed by atoms with Gasteiger partial charge in [-0.05, 0) is 26.7 Å². The molecule has 1 fully saturated rings. The summed E-state index contributed by atoms with van der Waals surface area (Å²) in [7, 11) is 1.59. The number of likely N-dealkylation sites (N-methyl/N-ethyl adjacent to an activating group) is 2. The maximum atomic E-state index is 12.8. The number of hydrogen-bond donors (Lipinski definition) is 2. The van der Waals surface area contributed by atoms with Crippen LogP contribution in [0.2, 0.25) is 0 Å². The van der Waals surface area contributed by atoms with Crippen LogP contribution in [-0.4, -0.2) is 52.2 Å². The standard InChI is InChI=1S/C17H29N5O2/c1-4-22(15-8-6-5-7-9-15)17(24)13(2)20-14-10-19-21(11-14)12-16(23)18-3/h10-11,13,15,20H,4-9,12H2,1-3H3,(H,18,23)/t13-/m1/s1. The number of nitrogens with zero attached hydrogens (tertiary/aromatic N) is 3. The molecule has 0 aromatic carbocycles. The average Bonchev–Trinajstić information content (AvgIpc) is 3.03. The Morgan fingerprint density at radius 3 is 2.71 bits per heavy atom. The van der Waals surface area contributed by atoms with Crippen molar-refractivity contribution < 1.29 is 9.59 Å². The summed E-state index contributed by atoms with van der Waals surface area (Å²) in [5.41, 5.74) is 0.749. The molecule has 2 rings (SSSR count). The van der Waals surface area contributed by atoms with Gasteiger partial charge < -0.3 is 15.5 Å². The van der Waals surface area contributed by atoms with Crippen LogP contribution < -0.4 is 10.6 Å². The highest BCUT2D eigenvalue weighted by Crippen LogP contribution is 2.23.